The number of hydrogen-bond acceptors (Lipinski definition) is 1. The third-order valence-corrected chi connectivity index (χ3v) is 11.9. The van der Waals surface area contributed by atoms with E-state index in [1.165, 1.54) is 71.4 Å². The van der Waals surface area contributed by atoms with Crippen molar-refractivity contribution in [2.45, 2.75) is 19.3 Å². The Balaban J connectivity index is 0.979. The highest BCUT2D eigenvalue weighted by atomic mass is 31.1. The smallest absolute Gasteiger partial charge is 0.171 e. The fourth-order valence-electron chi connectivity index (χ4n) is 7.23. The van der Waals surface area contributed by atoms with Crippen molar-refractivity contribution in [3.8, 4) is 49.5 Å². The zero-order chi connectivity index (χ0) is 29.4. The van der Waals surface area contributed by atoms with Crippen molar-refractivity contribution in [1.29, 1.82) is 0 Å². The van der Waals surface area contributed by atoms with Crippen LogP contribution in [0.1, 0.15) is 25.0 Å². The molecule has 1 nitrogen and oxygen atoms in total. The summed E-state index contributed by atoms with van der Waals surface area (Å²) in [4.78, 5) is 0. The molecule has 0 saturated carbocycles. The van der Waals surface area contributed by atoms with Crippen molar-refractivity contribution in [3.63, 3.8) is 0 Å². The summed E-state index contributed by atoms with van der Waals surface area (Å²) in [6.45, 7) is 4.71. The molecule has 0 spiro atoms. The van der Waals surface area contributed by atoms with Crippen LogP contribution in [-0.4, -0.2) is 0 Å². The van der Waals surface area contributed by atoms with Crippen LogP contribution in [0.4, 0.5) is 11.4 Å². The zero-order valence-corrected chi connectivity index (χ0v) is 25.7. The minimum Gasteiger partial charge on any atom is -0.356 e. The summed E-state index contributed by atoms with van der Waals surface area (Å²) in [6, 6.07) is 51.7. The molecular formula is C42H31NP+. The quantitative estimate of drug-likeness (QED) is 0.218. The van der Waals surface area contributed by atoms with Gasteiger partial charge >= 0.3 is 0 Å². The Bertz CT molecular complexity index is 2280. The maximum absolute atomic E-state index is 3.68. The molecule has 44 heavy (non-hydrogen) atoms. The second-order valence-corrected chi connectivity index (χ2v) is 14.6. The van der Waals surface area contributed by atoms with Crippen LogP contribution < -0.4 is 5.32 Å². The minimum atomic E-state index is -0.207. The van der Waals surface area contributed by atoms with E-state index in [-0.39, 0.29) is 12.9 Å². The molecule has 9 rings (SSSR count). The summed E-state index contributed by atoms with van der Waals surface area (Å²) in [6.07, 6.45) is 0. The highest BCUT2D eigenvalue weighted by Gasteiger charge is 2.36. The highest BCUT2D eigenvalue weighted by Crippen LogP contribution is 2.61. The Morgan fingerprint density at radius 1 is 0.477 bits per heavy atom. The van der Waals surface area contributed by atoms with E-state index < -0.39 is 0 Å². The first kappa shape index (κ1) is 25.5. The van der Waals surface area contributed by atoms with Crippen LogP contribution in [0.15, 0.2) is 145 Å². The number of rotatable bonds is 4. The van der Waals surface area contributed by atoms with Gasteiger partial charge in [0.1, 0.15) is 5.80 Å². The first-order valence-electron chi connectivity index (χ1n) is 15.3. The summed E-state index contributed by atoms with van der Waals surface area (Å²) in [7, 11) is -0.207. The SMILES string of the molecule is CC1(C)c2cc(Nc3ccc(-c4ccc5c(c4)-c4cccc[p+]4-5)cc3)ccc2-c2ccc(-c3ccc4ccccc4c3)cc21. The van der Waals surface area contributed by atoms with E-state index in [0.29, 0.717) is 0 Å². The molecule has 6 aromatic carbocycles. The third-order valence-electron chi connectivity index (χ3n) is 9.66. The van der Waals surface area contributed by atoms with E-state index in [0.717, 1.165) is 11.4 Å². The average molecular weight is 581 g/mol. The Morgan fingerprint density at radius 3 is 1.98 bits per heavy atom. The Kier molecular flexibility index (Phi) is 5.52. The van der Waals surface area contributed by atoms with Crippen LogP contribution in [-0.2, 0) is 5.41 Å². The topological polar surface area (TPSA) is 12.0 Å². The van der Waals surface area contributed by atoms with Gasteiger partial charge in [0.15, 0.2) is 18.1 Å². The maximum Gasteiger partial charge on any atom is 0.171 e. The molecule has 0 radical (unpaired) electrons. The van der Waals surface area contributed by atoms with E-state index in [2.05, 4.69) is 164 Å². The summed E-state index contributed by atoms with van der Waals surface area (Å²) >= 11 is 0. The number of fused-ring (bicyclic) bond motifs is 8. The number of nitrogens with one attached hydrogen (secondary N) is 1. The normalized spacial score (nSPS) is 13.8. The summed E-state index contributed by atoms with van der Waals surface area (Å²) in [5.74, 6) is 2.36. The molecule has 7 aromatic rings. The molecule has 1 aliphatic heterocycles. The van der Waals surface area contributed by atoms with Gasteiger partial charge in [-0.2, -0.15) is 0 Å². The predicted molar refractivity (Wildman–Crippen MR) is 190 cm³/mol. The van der Waals surface area contributed by atoms with E-state index in [9.17, 15) is 0 Å². The van der Waals surface area contributed by atoms with Crippen molar-refractivity contribution >= 4 is 29.7 Å². The molecule has 208 valence electrons. The maximum atomic E-state index is 3.68. The van der Waals surface area contributed by atoms with Gasteiger partial charge in [0.25, 0.3) is 0 Å². The predicted octanol–water partition coefficient (Wildman–Crippen LogP) is 12.5. The molecule has 1 atom stereocenters. The fourth-order valence-corrected chi connectivity index (χ4v) is 9.28. The largest absolute Gasteiger partial charge is 0.356 e. The molecule has 1 aromatic heterocycles. The molecule has 2 heterocycles. The third kappa shape index (κ3) is 3.90. The van der Waals surface area contributed by atoms with Crippen molar-refractivity contribution in [1.82, 2.24) is 0 Å². The summed E-state index contributed by atoms with van der Waals surface area (Å²) in [5.41, 5.74) is 14.1. The zero-order valence-electron chi connectivity index (χ0n) is 24.8. The minimum absolute atomic E-state index is 0.0877. The molecule has 0 saturated heterocycles. The van der Waals surface area contributed by atoms with E-state index in [1.807, 2.05) is 0 Å². The molecule has 2 aliphatic rings. The number of hydrogen-bond donors (Lipinski definition) is 1. The molecule has 1 unspecified atom stereocenters. The summed E-state index contributed by atoms with van der Waals surface area (Å²) in [5, 5.41) is 9.25. The molecule has 1 N–H and O–H groups in total. The van der Waals surface area contributed by atoms with Gasteiger partial charge in [-0.3, -0.25) is 0 Å². The first-order valence-corrected chi connectivity index (χ1v) is 16.8. The average Bonchev–Trinajstić information content (AvgIpc) is 3.28. The van der Waals surface area contributed by atoms with E-state index >= 15 is 0 Å². The van der Waals surface area contributed by atoms with Gasteiger partial charge in [0, 0.05) is 16.8 Å². The lowest BCUT2D eigenvalue weighted by Gasteiger charge is -2.23. The van der Waals surface area contributed by atoms with Crippen LogP contribution in [0.25, 0.3) is 60.3 Å². The van der Waals surface area contributed by atoms with Gasteiger partial charge in [-0.15, -0.1) is 0 Å². The Hall–Kier alpha value is -4.97. The van der Waals surface area contributed by atoms with Gasteiger partial charge in [0.2, 0.25) is 0 Å². The van der Waals surface area contributed by atoms with Crippen LogP contribution in [0.3, 0.4) is 0 Å². The molecule has 0 bridgehead atoms. The van der Waals surface area contributed by atoms with Crippen molar-refractivity contribution < 1.29 is 0 Å². The van der Waals surface area contributed by atoms with Crippen LogP contribution in [0.5, 0.6) is 0 Å². The Labute approximate surface area is 259 Å². The second kappa shape index (κ2) is 9.52. The Morgan fingerprint density at radius 2 is 1.11 bits per heavy atom. The van der Waals surface area contributed by atoms with Gasteiger partial charge in [-0.25, -0.2) is 0 Å². The van der Waals surface area contributed by atoms with Crippen LogP contribution >= 0.6 is 7.53 Å². The fraction of sp³-hybridized carbons (Fsp3) is 0.0714. The molecule has 2 heteroatoms. The lowest BCUT2D eigenvalue weighted by molar-refractivity contribution is 0.661. The van der Waals surface area contributed by atoms with Crippen molar-refractivity contribution in [3.05, 3.63) is 156 Å². The number of benzene rings is 6. The van der Waals surface area contributed by atoms with Gasteiger partial charge in [-0.05, 0) is 122 Å². The van der Waals surface area contributed by atoms with Gasteiger partial charge in [-0.1, -0.05) is 86.6 Å². The molecule has 0 fully saturated rings. The standard InChI is InChI=1S/C42H31NP/c1-42(2)38-25-32(30-11-10-27-7-3-4-8-29(27)23-30)14-19-35(38)36-20-18-34(26-39(36)42)43-33-16-12-28(13-17-33)31-15-21-41-37(24-31)40-9-5-6-22-44(40)41/h3-26,43H,1-2H3/q+1. The highest BCUT2D eigenvalue weighted by molar-refractivity contribution is 7.62. The second-order valence-electron chi connectivity index (χ2n) is 12.6. The summed E-state index contributed by atoms with van der Waals surface area (Å²) < 4.78 is 0. The number of anilines is 2. The lowest BCUT2D eigenvalue weighted by atomic mass is 9.81. The van der Waals surface area contributed by atoms with E-state index in [1.54, 1.807) is 0 Å². The van der Waals surface area contributed by atoms with Gasteiger partial charge < -0.3 is 5.32 Å². The molecule has 0 amide bonds. The molecule has 1 aliphatic carbocycles. The monoisotopic (exact) mass is 580 g/mol. The first-order chi connectivity index (χ1) is 21.5. The molecular weight excluding hydrogens is 549 g/mol. The van der Waals surface area contributed by atoms with Crippen molar-refractivity contribution in [2.24, 2.45) is 0 Å². The lowest BCUT2D eigenvalue weighted by Crippen LogP contribution is -2.15. The van der Waals surface area contributed by atoms with Crippen LogP contribution in [0, 0.1) is 0 Å². The van der Waals surface area contributed by atoms with Crippen molar-refractivity contribution in [2.75, 3.05) is 5.32 Å². The van der Waals surface area contributed by atoms with E-state index in [4.69, 9.17) is 0 Å². The van der Waals surface area contributed by atoms with Gasteiger partial charge in [0.05, 0.1) is 5.56 Å². The van der Waals surface area contributed by atoms with Crippen LogP contribution in [0.2, 0.25) is 0 Å².